The molecule has 0 saturated carbocycles. The number of rotatable bonds is 5. The third-order valence-corrected chi connectivity index (χ3v) is 3.47. The number of aromatic nitrogens is 3. The van der Waals surface area contributed by atoms with Crippen molar-refractivity contribution >= 4 is 0 Å². The van der Waals surface area contributed by atoms with Crippen molar-refractivity contribution in [2.24, 2.45) is 7.05 Å². The van der Waals surface area contributed by atoms with Gasteiger partial charge in [0, 0.05) is 7.05 Å². The Kier molecular flexibility index (Phi) is 4.32. The maximum absolute atomic E-state index is 4.06. The van der Waals surface area contributed by atoms with Gasteiger partial charge in [-0.05, 0) is 43.5 Å². The number of benzene rings is 1. The molecule has 0 radical (unpaired) electrons. The van der Waals surface area contributed by atoms with Crippen LogP contribution in [0.15, 0.2) is 24.4 Å². The number of aryl methyl sites for hydroxylation is 3. The first-order valence-electron chi connectivity index (χ1n) is 6.79. The van der Waals surface area contributed by atoms with E-state index in [1.165, 1.54) is 16.7 Å². The Hall–Kier alpha value is -1.68. The van der Waals surface area contributed by atoms with E-state index in [4.69, 9.17) is 0 Å². The Balaban J connectivity index is 2.46. The van der Waals surface area contributed by atoms with Gasteiger partial charge in [0.2, 0.25) is 0 Å². The van der Waals surface area contributed by atoms with Gasteiger partial charge in [-0.3, -0.25) is 4.68 Å². The van der Waals surface area contributed by atoms with Gasteiger partial charge < -0.3 is 5.32 Å². The van der Waals surface area contributed by atoms with E-state index in [0.717, 1.165) is 18.7 Å². The SMILES string of the molecule is CCCNC(c1c(C)cccc1C)c1cnnn1C. The van der Waals surface area contributed by atoms with Crippen molar-refractivity contribution in [3.05, 3.63) is 46.8 Å². The zero-order valence-corrected chi connectivity index (χ0v) is 12.1. The van der Waals surface area contributed by atoms with Crippen LogP contribution in [0.1, 0.15) is 41.8 Å². The molecule has 0 spiro atoms. The minimum Gasteiger partial charge on any atom is -0.305 e. The summed E-state index contributed by atoms with van der Waals surface area (Å²) in [4.78, 5) is 0. The summed E-state index contributed by atoms with van der Waals surface area (Å²) in [5, 5.41) is 11.7. The van der Waals surface area contributed by atoms with Gasteiger partial charge in [-0.2, -0.15) is 0 Å². The Morgan fingerprint density at radius 2 is 1.95 bits per heavy atom. The fourth-order valence-corrected chi connectivity index (χ4v) is 2.48. The monoisotopic (exact) mass is 258 g/mol. The lowest BCUT2D eigenvalue weighted by atomic mass is 9.94. The number of hydrogen-bond acceptors (Lipinski definition) is 3. The molecule has 0 bridgehead atoms. The molecule has 19 heavy (non-hydrogen) atoms. The topological polar surface area (TPSA) is 42.7 Å². The van der Waals surface area contributed by atoms with Crippen molar-refractivity contribution in [2.45, 2.75) is 33.2 Å². The quantitative estimate of drug-likeness (QED) is 0.896. The van der Waals surface area contributed by atoms with Crippen molar-refractivity contribution in [2.75, 3.05) is 6.54 Å². The van der Waals surface area contributed by atoms with Crippen LogP contribution in [-0.4, -0.2) is 21.5 Å². The standard InChI is InChI=1S/C15H22N4/c1-5-9-16-15(13-10-17-18-19(13)4)14-11(2)7-6-8-12(14)3/h6-8,10,15-16H,5,9H2,1-4H3. The molecule has 1 atom stereocenters. The summed E-state index contributed by atoms with van der Waals surface area (Å²) in [6, 6.07) is 6.58. The average Bonchev–Trinajstić information content (AvgIpc) is 2.79. The first-order valence-corrected chi connectivity index (χ1v) is 6.79. The van der Waals surface area contributed by atoms with E-state index in [1.54, 1.807) is 0 Å². The number of hydrogen-bond donors (Lipinski definition) is 1. The van der Waals surface area contributed by atoms with Gasteiger partial charge in [0.05, 0.1) is 17.9 Å². The van der Waals surface area contributed by atoms with Crippen molar-refractivity contribution < 1.29 is 0 Å². The lowest BCUT2D eigenvalue weighted by Gasteiger charge is -2.22. The fourth-order valence-electron chi connectivity index (χ4n) is 2.48. The molecule has 0 saturated heterocycles. The molecule has 1 aromatic heterocycles. The predicted molar refractivity (Wildman–Crippen MR) is 77.1 cm³/mol. The molecular weight excluding hydrogens is 236 g/mol. The molecule has 4 heteroatoms. The third kappa shape index (κ3) is 2.84. The van der Waals surface area contributed by atoms with Gasteiger partial charge in [-0.25, -0.2) is 0 Å². The van der Waals surface area contributed by atoms with Gasteiger partial charge in [-0.1, -0.05) is 30.3 Å². The number of nitrogens with one attached hydrogen (secondary N) is 1. The summed E-state index contributed by atoms with van der Waals surface area (Å²) in [7, 11) is 1.94. The van der Waals surface area contributed by atoms with Crippen molar-refractivity contribution in [1.29, 1.82) is 0 Å². The van der Waals surface area contributed by atoms with Gasteiger partial charge in [-0.15, -0.1) is 5.10 Å². The Bertz CT molecular complexity index is 525. The highest BCUT2D eigenvalue weighted by Gasteiger charge is 2.20. The van der Waals surface area contributed by atoms with Crippen LogP contribution in [0.5, 0.6) is 0 Å². The zero-order valence-electron chi connectivity index (χ0n) is 12.1. The molecule has 1 N–H and O–H groups in total. The third-order valence-electron chi connectivity index (χ3n) is 3.47. The second-order valence-electron chi connectivity index (χ2n) is 4.98. The molecule has 1 heterocycles. The molecule has 0 fully saturated rings. The second-order valence-corrected chi connectivity index (χ2v) is 4.98. The lowest BCUT2D eigenvalue weighted by Crippen LogP contribution is -2.26. The van der Waals surface area contributed by atoms with Gasteiger partial charge in [0.25, 0.3) is 0 Å². The van der Waals surface area contributed by atoms with E-state index in [2.05, 4.69) is 54.6 Å². The summed E-state index contributed by atoms with van der Waals surface area (Å²) >= 11 is 0. The van der Waals surface area contributed by atoms with E-state index >= 15 is 0 Å². The van der Waals surface area contributed by atoms with Crippen LogP contribution in [0.3, 0.4) is 0 Å². The fraction of sp³-hybridized carbons (Fsp3) is 0.467. The van der Waals surface area contributed by atoms with Gasteiger partial charge in [0.1, 0.15) is 0 Å². The lowest BCUT2D eigenvalue weighted by molar-refractivity contribution is 0.547. The average molecular weight is 258 g/mol. The zero-order chi connectivity index (χ0) is 13.8. The van der Waals surface area contributed by atoms with Crippen molar-refractivity contribution in [3.8, 4) is 0 Å². The second kappa shape index (κ2) is 5.97. The van der Waals surface area contributed by atoms with Crippen LogP contribution in [0, 0.1) is 13.8 Å². The summed E-state index contributed by atoms with van der Waals surface area (Å²) < 4.78 is 1.85. The molecule has 102 valence electrons. The molecule has 0 aliphatic rings. The minimum absolute atomic E-state index is 0.154. The first-order chi connectivity index (χ1) is 9.15. The molecule has 1 aromatic carbocycles. The first kappa shape index (κ1) is 13.7. The highest BCUT2D eigenvalue weighted by Crippen LogP contribution is 2.27. The molecule has 0 amide bonds. The Morgan fingerprint density at radius 1 is 1.26 bits per heavy atom. The summed E-state index contributed by atoms with van der Waals surface area (Å²) in [6.07, 6.45) is 2.95. The van der Waals surface area contributed by atoms with Gasteiger partial charge >= 0.3 is 0 Å². The van der Waals surface area contributed by atoms with Crippen LogP contribution in [0.4, 0.5) is 0 Å². The van der Waals surface area contributed by atoms with E-state index in [0.29, 0.717) is 0 Å². The summed E-state index contributed by atoms with van der Waals surface area (Å²) in [5.74, 6) is 0. The van der Waals surface area contributed by atoms with Crippen LogP contribution in [-0.2, 0) is 7.05 Å². The molecular formula is C15H22N4. The van der Waals surface area contributed by atoms with E-state index in [-0.39, 0.29) is 6.04 Å². The van der Waals surface area contributed by atoms with Crippen LogP contribution < -0.4 is 5.32 Å². The molecule has 1 unspecified atom stereocenters. The normalized spacial score (nSPS) is 12.6. The Morgan fingerprint density at radius 3 is 2.47 bits per heavy atom. The molecule has 2 rings (SSSR count). The maximum atomic E-state index is 4.06. The predicted octanol–water partition coefficient (Wildman–Crippen LogP) is 2.52. The van der Waals surface area contributed by atoms with Crippen molar-refractivity contribution in [1.82, 2.24) is 20.3 Å². The minimum atomic E-state index is 0.154. The van der Waals surface area contributed by atoms with Gasteiger partial charge in [0.15, 0.2) is 0 Å². The highest BCUT2D eigenvalue weighted by atomic mass is 15.4. The molecule has 0 aliphatic carbocycles. The molecule has 2 aromatic rings. The summed E-state index contributed by atoms with van der Waals surface area (Å²) in [6.45, 7) is 7.47. The van der Waals surface area contributed by atoms with Crippen LogP contribution in [0.25, 0.3) is 0 Å². The summed E-state index contributed by atoms with van der Waals surface area (Å²) in [5.41, 5.74) is 5.04. The highest BCUT2D eigenvalue weighted by molar-refractivity contribution is 5.39. The van der Waals surface area contributed by atoms with E-state index < -0.39 is 0 Å². The largest absolute Gasteiger partial charge is 0.305 e. The molecule has 0 aliphatic heterocycles. The maximum Gasteiger partial charge on any atom is 0.0798 e. The van der Waals surface area contributed by atoms with E-state index in [1.807, 2.05) is 17.9 Å². The van der Waals surface area contributed by atoms with Crippen LogP contribution >= 0.6 is 0 Å². The van der Waals surface area contributed by atoms with Crippen molar-refractivity contribution in [3.63, 3.8) is 0 Å². The van der Waals surface area contributed by atoms with E-state index in [9.17, 15) is 0 Å². The Labute approximate surface area is 114 Å². The molecule has 4 nitrogen and oxygen atoms in total. The van der Waals surface area contributed by atoms with Crippen LogP contribution in [0.2, 0.25) is 0 Å². The smallest absolute Gasteiger partial charge is 0.0798 e. The number of nitrogens with zero attached hydrogens (tertiary/aromatic N) is 3.